The molecule has 1 aliphatic heterocycles. The van der Waals surface area contributed by atoms with E-state index in [0.717, 1.165) is 64.2 Å². The summed E-state index contributed by atoms with van der Waals surface area (Å²) in [5.74, 6) is 1.60. The Balaban J connectivity index is 1.41. The largest absolute Gasteiger partial charge is 0.466 e. The van der Waals surface area contributed by atoms with E-state index < -0.39 is 37.3 Å². The molecular formula is C37H61NO9. The second kappa shape index (κ2) is 14.7. The van der Waals surface area contributed by atoms with Crippen molar-refractivity contribution in [3.05, 3.63) is 11.6 Å². The van der Waals surface area contributed by atoms with Crippen molar-refractivity contribution in [1.82, 2.24) is 5.32 Å². The van der Waals surface area contributed by atoms with Crippen LogP contribution < -0.4 is 5.32 Å². The third kappa shape index (κ3) is 7.34. The van der Waals surface area contributed by atoms with E-state index in [1.54, 1.807) is 0 Å². The number of nitrogens with one attached hydrogen (secondary N) is 1. The predicted octanol–water partition coefficient (Wildman–Crippen LogP) is 3.87. The van der Waals surface area contributed by atoms with Crippen LogP contribution in [0.3, 0.4) is 0 Å². The van der Waals surface area contributed by atoms with Crippen molar-refractivity contribution in [2.24, 2.45) is 46.3 Å². The van der Waals surface area contributed by atoms with E-state index in [1.807, 2.05) is 0 Å². The number of aliphatic hydroxyl groups is 4. The number of hydrogen-bond donors (Lipinski definition) is 5. The highest BCUT2D eigenvalue weighted by Gasteiger charge is 2.63. The summed E-state index contributed by atoms with van der Waals surface area (Å²) in [4.78, 5) is 23.5. The molecule has 5 aliphatic rings. The fraction of sp³-hybridized carbons (Fsp3) is 0.892. The van der Waals surface area contributed by atoms with Crippen molar-refractivity contribution < 1.29 is 44.2 Å². The maximum absolute atomic E-state index is 12.2. The minimum absolute atomic E-state index is 0.0111. The lowest BCUT2D eigenvalue weighted by atomic mass is 9.46. The molecule has 47 heavy (non-hydrogen) atoms. The smallest absolute Gasteiger partial charge is 0.302 e. The number of ether oxygens (including phenoxy) is 3. The lowest BCUT2D eigenvalue weighted by molar-refractivity contribution is -0.289. The summed E-state index contributed by atoms with van der Waals surface area (Å²) in [5, 5.41) is 44.9. The van der Waals surface area contributed by atoms with E-state index >= 15 is 0 Å². The maximum Gasteiger partial charge on any atom is 0.302 e. The van der Waals surface area contributed by atoms with Crippen LogP contribution in [0.15, 0.2) is 11.6 Å². The number of fused-ring (bicyclic) bond motifs is 5. The third-order valence-electron chi connectivity index (χ3n) is 13.3. The Morgan fingerprint density at radius 3 is 2.51 bits per heavy atom. The Hall–Kier alpha value is -1.56. The fourth-order valence-electron chi connectivity index (χ4n) is 10.8. The molecule has 4 fully saturated rings. The zero-order valence-electron chi connectivity index (χ0n) is 29.4. The molecule has 0 spiro atoms. The van der Waals surface area contributed by atoms with Crippen LogP contribution in [0.25, 0.3) is 0 Å². The van der Waals surface area contributed by atoms with Crippen molar-refractivity contribution in [2.75, 3.05) is 13.2 Å². The lowest BCUT2D eigenvalue weighted by Gasteiger charge is -2.59. The molecular weight excluding hydrogens is 602 g/mol. The van der Waals surface area contributed by atoms with Gasteiger partial charge in [-0.15, -0.1) is 0 Å². The monoisotopic (exact) mass is 663 g/mol. The van der Waals surface area contributed by atoms with Gasteiger partial charge in [-0.25, -0.2) is 0 Å². The van der Waals surface area contributed by atoms with Gasteiger partial charge in [-0.3, -0.25) is 9.59 Å². The van der Waals surface area contributed by atoms with E-state index in [-0.39, 0.29) is 40.8 Å². The summed E-state index contributed by atoms with van der Waals surface area (Å²) in [6.07, 6.45) is 6.86. The van der Waals surface area contributed by atoms with Crippen LogP contribution in [0.4, 0.5) is 0 Å². The van der Waals surface area contributed by atoms with Crippen LogP contribution in [0, 0.1) is 46.3 Å². The van der Waals surface area contributed by atoms with Gasteiger partial charge in [-0.1, -0.05) is 52.2 Å². The molecule has 10 heteroatoms. The Morgan fingerprint density at radius 1 is 1.09 bits per heavy atom. The number of carbonyl (C=O) groups excluding carboxylic acids is 2. The first-order valence-corrected chi connectivity index (χ1v) is 18.3. The van der Waals surface area contributed by atoms with Crippen molar-refractivity contribution >= 4 is 11.9 Å². The van der Waals surface area contributed by atoms with Gasteiger partial charge >= 0.3 is 5.97 Å². The van der Waals surface area contributed by atoms with Gasteiger partial charge in [0.15, 0.2) is 6.29 Å². The quantitative estimate of drug-likeness (QED) is 0.164. The van der Waals surface area contributed by atoms with Crippen molar-refractivity contribution in [3.8, 4) is 0 Å². The summed E-state index contributed by atoms with van der Waals surface area (Å²) in [7, 11) is 0. The van der Waals surface area contributed by atoms with Gasteiger partial charge in [0.1, 0.15) is 24.4 Å². The Kier molecular flexibility index (Phi) is 11.5. The summed E-state index contributed by atoms with van der Waals surface area (Å²) >= 11 is 0. The van der Waals surface area contributed by atoms with Crippen LogP contribution in [0.1, 0.15) is 106 Å². The molecule has 268 valence electrons. The average molecular weight is 664 g/mol. The fourth-order valence-corrected chi connectivity index (χ4v) is 10.8. The molecule has 0 aromatic heterocycles. The molecule has 10 nitrogen and oxygen atoms in total. The summed E-state index contributed by atoms with van der Waals surface area (Å²) in [5.41, 5.74) is 1.48. The first-order chi connectivity index (χ1) is 22.2. The topological polar surface area (TPSA) is 155 Å². The molecule has 1 saturated heterocycles. The van der Waals surface area contributed by atoms with E-state index in [2.05, 4.69) is 39.1 Å². The van der Waals surface area contributed by atoms with Gasteiger partial charge in [0.05, 0.1) is 25.4 Å². The van der Waals surface area contributed by atoms with Crippen LogP contribution in [-0.4, -0.2) is 88.4 Å². The molecule has 0 aromatic carbocycles. The number of carbonyl (C=O) groups is 2. The van der Waals surface area contributed by atoms with Gasteiger partial charge < -0.3 is 40.0 Å². The lowest BCUT2D eigenvalue weighted by Crippen LogP contribution is -2.65. The van der Waals surface area contributed by atoms with E-state index in [9.17, 15) is 30.0 Å². The molecule has 0 radical (unpaired) electrons. The number of allylic oxidation sites excluding steroid dienone is 1. The van der Waals surface area contributed by atoms with Gasteiger partial charge in [-0.05, 0) is 97.7 Å². The van der Waals surface area contributed by atoms with E-state index in [1.165, 1.54) is 19.4 Å². The number of hydrogen-bond acceptors (Lipinski definition) is 9. The number of amides is 1. The highest BCUT2D eigenvalue weighted by Crippen LogP contribution is 2.68. The first kappa shape index (κ1) is 36.7. The summed E-state index contributed by atoms with van der Waals surface area (Å²) in [6, 6.07) is -0.971. The molecule has 5 rings (SSSR count). The molecule has 3 saturated carbocycles. The van der Waals surface area contributed by atoms with Crippen LogP contribution in [0.5, 0.6) is 0 Å². The first-order valence-electron chi connectivity index (χ1n) is 18.3. The zero-order chi connectivity index (χ0) is 34.3. The van der Waals surface area contributed by atoms with Crippen LogP contribution >= 0.6 is 0 Å². The Bertz CT molecular complexity index is 1150. The molecule has 15 atom stereocenters. The van der Waals surface area contributed by atoms with Crippen LogP contribution in [0.2, 0.25) is 0 Å². The highest BCUT2D eigenvalue weighted by atomic mass is 16.7. The number of aliphatic hydroxyl groups excluding tert-OH is 4. The molecule has 0 bridgehead atoms. The number of rotatable bonds is 11. The standard InChI is InChI=1S/C37H61NO9/c1-20(19-45-23(4)41)8-7-9-21(2)28-17-29(46-35-32(38-22(3)40)34(44)33(43)30(18-39)47-35)31-26-11-10-24-16-25(42)12-14-36(24,5)27(26)13-15-37(28,31)6/h10,20-21,25-35,39,42-44H,7-9,11-19H2,1-6H3,(H,38,40)/t20-,21?,25-,26-,27+,28-,29+,30+,31-,32+,33+,34+,35?,36+,37-/m1/s1. The van der Waals surface area contributed by atoms with Crippen LogP contribution in [-0.2, 0) is 23.8 Å². The van der Waals surface area contributed by atoms with Gasteiger partial charge in [-0.2, -0.15) is 0 Å². The maximum atomic E-state index is 12.2. The second-order valence-electron chi connectivity index (χ2n) is 16.4. The molecule has 2 unspecified atom stereocenters. The SMILES string of the molecule is CC(=O)N[C@@H]1C(O[C@H]2C[C@H](C(C)CCC[C@@H](C)COC(C)=O)[C@@]3(C)CC[C@H]4[C@@H](CC=C5C[C@H](O)CC[C@@]54C)[C@H]23)O[C@@H](CO)[C@H](O)[C@H]1O. The minimum Gasteiger partial charge on any atom is -0.466 e. The van der Waals surface area contributed by atoms with Crippen molar-refractivity contribution in [2.45, 2.75) is 149 Å². The zero-order valence-corrected chi connectivity index (χ0v) is 29.4. The van der Waals surface area contributed by atoms with Crippen molar-refractivity contribution in [3.63, 3.8) is 0 Å². The molecule has 1 amide bonds. The minimum atomic E-state index is -1.36. The van der Waals surface area contributed by atoms with Gasteiger partial charge in [0.25, 0.3) is 0 Å². The van der Waals surface area contributed by atoms with Gasteiger partial charge in [0.2, 0.25) is 5.91 Å². The summed E-state index contributed by atoms with van der Waals surface area (Å²) < 4.78 is 18.3. The third-order valence-corrected chi connectivity index (χ3v) is 13.3. The summed E-state index contributed by atoms with van der Waals surface area (Å²) in [6.45, 7) is 12.1. The Labute approximate surface area is 281 Å². The van der Waals surface area contributed by atoms with Crippen molar-refractivity contribution in [1.29, 1.82) is 0 Å². The second-order valence-corrected chi connectivity index (χ2v) is 16.4. The number of esters is 1. The van der Waals surface area contributed by atoms with Gasteiger partial charge in [0, 0.05) is 13.8 Å². The average Bonchev–Trinajstić information content (AvgIpc) is 3.31. The molecule has 0 aromatic rings. The highest BCUT2D eigenvalue weighted by molar-refractivity contribution is 5.73. The molecule has 4 aliphatic carbocycles. The Morgan fingerprint density at radius 2 is 1.83 bits per heavy atom. The normalized spacial score (nSPS) is 44.3. The predicted molar refractivity (Wildman–Crippen MR) is 176 cm³/mol. The van der Waals surface area contributed by atoms with E-state index in [4.69, 9.17) is 14.2 Å². The van der Waals surface area contributed by atoms with E-state index in [0.29, 0.717) is 36.2 Å². The molecule has 1 heterocycles. The molecule has 5 N–H and O–H groups in total.